The molecule has 0 unspecified atom stereocenters. The molecule has 0 aromatic carbocycles. The molecule has 0 aliphatic rings. The topological polar surface area (TPSA) is 83.1 Å². The summed E-state index contributed by atoms with van der Waals surface area (Å²) in [5.41, 5.74) is -0.0399. The molecule has 0 aliphatic heterocycles. The lowest BCUT2D eigenvalue weighted by molar-refractivity contribution is -0.121. The highest BCUT2D eigenvalue weighted by Gasteiger charge is 2.15. The van der Waals surface area contributed by atoms with Crippen molar-refractivity contribution in [2.45, 2.75) is 26.3 Å². The number of hydrogen-bond acceptors (Lipinski definition) is 4. The van der Waals surface area contributed by atoms with Crippen LogP contribution in [0.15, 0.2) is 18.2 Å². The molecule has 19 heavy (non-hydrogen) atoms. The second kappa shape index (κ2) is 6.17. The minimum absolute atomic E-state index is 0.0679. The van der Waals surface area contributed by atoms with E-state index in [-0.39, 0.29) is 29.6 Å². The first-order valence-corrected chi connectivity index (χ1v) is 6.06. The summed E-state index contributed by atoms with van der Waals surface area (Å²) in [6.45, 7) is 5.57. The van der Waals surface area contributed by atoms with Crippen LogP contribution < -0.4 is 16.0 Å². The highest BCUT2D eigenvalue weighted by atomic mass is 16.2. The molecule has 0 atom stereocenters. The van der Waals surface area contributed by atoms with Crippen LogP contribution in [0.5, 0.6) is 0 Å². The minimum atomic E-state index is -0.374. The number of hydrogen-bond donors (Lipinski definition) is 3. The van der Waals surface area contributed by atoms with Crippen LogP contribution >= 0.6 is 0 Å². The molecular formula is C13H20N4O2. The molecule has 6 nitrogen and oxygen atoms in total. The lowest BCUT2D eigenvalue weighted by atomic mass is 10.1. The van der Waals surface area contributed by atoms with Gasteiger partial charge in [0.05, 0.1) is 6.54 Å². The molecule has 0 aliphatic carbocycles. The van der Waals surface area contributed by atoms with E-state index in [4.69, 9.17) is 0 Å². The molecule has 6 heteroatoms. The summed E-state index contributed by atoms with van der Waals surface area (Å²) in [4.78, 5) is 27.4. The van der Waals surface area contributed by atoms with Crippen molar-refractivity contribution in [3.05, 3.63) is 23.9 Å². The maximum Gasteiger partial charge on any atom is 0.270 e. The van der Waals surface area contributed by atoms with E-state index in [2.05, 4.69) is 20.9 Å². The molecule has 1 heterocycles. The van der Waals surface area contributed by atoms with Crippen molar-refractivity contribution in [1.29, 1.82) is 0 Å². The number of rotatable bonds is 4. The molecule has 1 aromatic rings. The summed E-state index contributed by atoms with van der Waals surface area (Å²) in [6, 6.07) is 5.07. The first-order chi connectivity index (χ1) is 8.81. The smallest absolute Gasteiger partial charge is 0.270 e. The lowest BCUT2D eigenvalue weighted by Crippen LogP contribution is -2.45. The third-order valence-corrected chi connectivity index (χ3v) is 2.16. The van der Waals surface area contributed by atoms with E-state index < -0.39 is 0 Å². The molecule has 2 amide bonds. The molecule has 0 radical (unpaired) electrons. The van der Waals surface area contributed by atoms with Gasteiger partial charge in [0.25, 0.3) is 5.91 Å². The number of carbonyl (C=O) groups is 2. The number of aromatic nitrogens is 1. The van der Waals surface area contributed by atoms with E-state index in [1.165, 1.54) is 0 Å². The van der Waals surface area contributed by atoms with Gasteiger partial charge < -0.3 is 16.0 Å². The van der Waals surface area contributed by atoms with Gasteiger partial charge in [-0.2, -0.15) is 0 Å². The number of nitrogens with zero attached hydrogens (tertiary/aromatic N) is 1. The van der Waals surface area contributed by atoms with Gasteiger partial charge in [0.2, 0.25) is 5.91 Å². The van der Waals surface area contributed by atoms with Crippen LogP contribution in [-0.2, 0) is 4.79 Å². The molecule has 1 aromatic heterocycles. The van der Waals surface area contributed by atoms with E-state index in [1.54, 1.807) is 25.2 Å². The molecule has 1 rings (SSSR count). The van der Waals surface area contributed by atoms with Crippen LogP contribution in [0.1, 0.15) is 31.3 Å². The predicted molar refractivity (Wildman–Crippen MR) is 74.0 cm³/mol. The Kier molecular flexibility index (Phi) is 4.86. The zero-order chi connectivity index (χ0) is 14.5. The highest BCUT2D eigenvalue weighted by molar-refractivity contribution is 5.95. The van der Waals surface area contributed by atoms with Crippen molar-refractivity contribution in [3.63, 3.8) is 0 Å². The van der Waals surface area contributed by atoms with Gasteiger partial charge in [0.1, 0.15) is 11.5 Å². The standard InChI is InChI=1S/C13H20N4O2/c1-13(2,3)17-11(18)8-15-12(19)9-6-5-7-10(14-4)16-9/h5-7H,8H2,1-4H3,(H,14,16)(H,15,19)(H,17,18). The fourth-order valence-corrected chi connectivity index (χ4v) is 1.41. The van der Waals surface area contributed by atoms with Crippen molar-refractivity contribution < 1.29 is 9.59 Å². The van der Waals surface area contributed by atoms with Crippen molar-refractivity contribution in [2.75, 3.05) is 18.9 Å². The number of carbonyl (C=O) groups excluding carboxylic acids is 2. The zero-order valence-corrected chi connectivity index (χ0v) is 11.7. The number of anilines is 1. The van der Waals surface area contributed by atoms with Crippen LogP contribution in [0, 0.1) is 0 Å². The van der Waals surface area contributed by atoms with Crippen molar-refractivity contribution in [3.8, 4) is 0 Å². The van der Waals surface area contributed by atoms with E-state index in [1.807, 2.05) is 20.8 Å². The van der Waals surface area contributed by atoms with Crippen LogP contribution in [0.2, 0.25) is 0 Å². The molecule has 0 saturated carbocycles. The first-order valence-electron chi connectivity index (χ1n) is 6.06. The SMILES string of the molecule is CNc1cccc(C(=O)NCC(=O)NC(C)(C)C)n1. The summed E-state index contributed by atoms with van der Waals surface area (Å²) in [5.74, 6) is -0.00132. The Bertz CT molecular complexity index is 466. The van der Waals surface area contributed by atoms with Gasteiger partial charge in [-0.05, 0) is 32.9 Å². The van der Waals surface area contributed by atoms with Gasteiger partial charge in [0, 0.05) is 12.6 Å². The van der Waals surface area contributed by atoms with Crippen LogP contribution in [0.25, 0.3) is 0 Å². The van der Waals surface area contributed by atoms with E-state index in [0.717, 1.165) is 0 Å². The first kappa shape index (κ1) is 14.9. The van der Waals surface area contributed by atoms with Gasteiger partial charge in [-0.25, -0.2) is 4.98 Å². The van der Waals surface area contributed by atoms with E-state index in [0.29, 0.717) is 5.82 Å². The van der Waals surface area contributed by atoms with Crippen LogP contribution in [-0.4, -0.2) is 35.9 Å². The summed E-state index contributed by atoms with van der Waals surface area (Å²) < 4.78 is 0. The number of pyridine rings is 1. The second-order valence-corrected chi connectivity index (χ2v) is 5.14. The second-order valence-electron chi connectivity index (χ2n) is 5.14. The van der Waals surface area contributed by atoms with Gasteiger partial charge in [-0.3, -0.25) is 9.59 Å². The van der Waals surface area contributed by atoms with Gasteiger partial charge in [0.15, 0.2) is 0 Å². The molecule has 0 spiro atoms. The molecule has 104 valence electrons. The normalized spacial score (nSPS) is 10.7. The molecule has 3 N–H and O–H groups in total. The van der Waals surface area contributed by atoms with Crippen LogP contribution in [0.3, 0.4) is 0 Å². The van der Waals surface area contributed by atoms with Crippen molar-refractivity contribution in [1.82, 2.24) is 15.6 Å². The summed E-state index contributed by atoms with van der Waals surface area (Å²) >= 11 is 0. The fourth-order valence-electron chi connectivity index (χ4n) is 1.41. The summed E-state index contributed by atoms with van der Waals surface area (Å²) in [5, 5.41) is 8.14. The van der Waals surface area contributed by atoms with Crippen molar-refractivity contribution >= 4 is 17.6 Å². The van der Waals surface area contributed by atoms with Crippen LogP contribution in [0.4, 0.5) is 5.82 Å². The number of nitrogens with one attached hydrogen (secondary N) is 3. The summed E-state index contributed by atoms with van der Waals surface area (Å²) in [7, 11) is 1.72. The minimum Gasteiger partial charge on any atom is -0.373 e. The average molecular weight is 264 g/mol. The third kappa shape index (κ3) is 5.37. The molecule has 0 fully saturated rings. The Labute approximate surface area is 113 Å². The van der Waals surface area contributed by atoms with E-state index in [9.17, 15) is 9.59 Å². The Morgan fingerprint density at radius 2 is 1.95 bits per heavy atom. The van der Waals surface area contributed by atoms with Gasteiger partial charge in [-0.1, -0.05) is 6.07 Å². The fraction of sp³-hybridized carbons (Fsp3) is 0.462. The van der Waals surface area contributed by atoms with Gasteiger partial charge in [-0.15, -0.1) is 0 Å². The summed E-state index contributed by atoms with van der Waals surface area (Å²) in [6.07, 6.45) is 0. The predicted octanol–water partition coefficient (Wildman–Crippen LogP) is 0.768. The van der Waals surface area contributed by atoms with Gasteiger partial charge >= 0.3 is 0 Å². The maximum absolute atomic E-state index is 11.8. The molecule has 0 bridgehead atoms. The van der Waals surface area contributed by atoms with Crippen molar-refractivity contribution in [2.24, 2.45) is 0 Å². The maximum atomic E-state index is 11.8. The third-order valence-electron chi connectivity index (χ3n) is 2.16. The lowest BCUT2D eigenvalue weighted by Gasteiger charge is -2.20. The monoisotopic (exact) mass is 264 g/mol. The largest absolute Gasteiger partial charge is 0.373 e. The Balaban J connectivity index is 2.53. The Morgan fingerprint density at radius 3 is 2.53 bits per heavy atom. The quantitative estimate of drug-likeness (QED) is 0.750. The molecule has 0 saturated heterocycles. The Hall–Kier alpha value is -2.11. The average Bonchev–Trinajstić information content (AvgIpc) is 2.34. The molecular weight excluding hydrogens is 244 g/mol. The number of amides is 2. The zero-order valence-electron chi connectivity index (χ0n) is 11.7. The Morgan fingerprint density at radius 1 is 1.26 bits per heavy atom. The highest BCUT2D eigenvalue weighted by Crippen LogP contribution is 2.03. The van der Waals surface area contributed by atoms with E-state index >= 15 is 0 Å².